The Balaban J connectivity index is 1.82. The average Bonchev–Trinajstić information content (AvgIpc) is 3.06. The summed E-state index contributed by atoms with van der Waals surface area (Å²) in [7, 11) is 2.13. The SMILES string of the molecule is C[C@@H](c1nccs1)N(C)C[C@@H]1CCN(C(=O)OC(C)(C)C)C1. The minimum atomic E-state index is -0.425. The van der Waals surface area contributed by atoms with Gasteiger partial charge in [-0.25, -0.2) is 9.78 Å². The minimum Gasteiger partial charge on any atom is -0.444 e. The van der Waals surface area contributed by atoms with E-state index in [-0.39, 0.29) is 6.09 Å². The maximum Gasteiger partial charge on any atom is 0.410 e. The lowest BCUT2D eigenvalue weighted by Crippen LogP contribution is -2.36. The fourth-order valence-corrected chi connectivity index (χ4v) is 3.43. The van der Waals surface area contributed by atoms with Gasteiger partial charge in [-0.1, -0.05) is 0 Å². The van der Waals surface area contributed by atoms with Gasteiger partial charge in [0.1, 0.15) is 10.6 Å². The molecule has 5 nitrogen and oxygen atoms in total. The summed E-state index contributed by atoms with van der Waals surface area (Å²) in [5.74, 6) is 0.500. The first kappa shape index (κ1) is 17.2. The highest BCUT2D eigenvalue weighted by Gasteiger charge is 2.31. The summed E-state index contributed by atoms with van der Waals surface area (Å²) in [6.07, 6.45) is 2.70. The fraction of sp³-hybridized carbons (Fsp3) is 0.750. The molecular weight excluding hydrogens is 298 g/mol. The molecule has 1 aromatic rings. The van der Waals surface area contributed by atoms with Crippen LogP contribution >= 0.6 is 11.3 Å². The molecule has 1 saturated heterocycles. The maximum atomic E-state index is 12.1. The molecule has 0 aromatic carbocycles. The van der Waals surface area contributed by atoms with E-state index in [1.165, 1.54) is 0 Å². The van der Waals surface area contributed by atoms with Gasteiger partial charge < -0.3 is 9.64 Å². The summed E-state index contributed by atoms with van der Waals surface area (Å²) < 4.78 is 5.45. The van der Waals surface area contributed by atoms with Crippen molar-refractivity contribution in [2.45, 2.75) is 45.8 Å². The lowest BCUT2D eigenvalue weighted by Gasteiger charge is -2.27. The van der Waals surface area contributed by atoms with Gasteiger partial charge in [-0.2, -0.15) is 0 Å². The molecule has 0 unspecified atom stereocenters. The van der Waals surface area contributed by atoms with E-state index in [1.807, 2.05) is 37.2 Å². The molecule has 0 spiro atoms. The van der Waals surface area contributed by atoms with Crippen LogP contribution in [0.3, 0.4) is 0 Å². The third-order valence-electron chi connectivity index (χ3n) is 3.95. The van der Waals surface area contributed by atoms with Gasteiger partial charge in [0, 0.05) is 31.2 Å². The fourth-order valence-electron chi connectivity index (χ4n) is 2.67. The second-order valence-corrected chi connectivity index (χ2v) is 7.99. The first-order chi connectivity index (χ1) is 10.3. The topological polar surface area (TPSA) is 45.7 Å². The van der Waals surface area contributed by atoms with Gasteiger partial charge in [0.15, 0.2) is 0 Å². The van der Waals surface area contributed by atoms with E-state index in [2.05, 4.69) is 23.9 Å². The van der Waals surface area contributed by atoms with Crippen LogP contribution in [0.25, 0.3) is 0 Å². The zero-order chi connectivity index (χ0) is 16.3. The Hall–Kier alpha value is -1.14. The average molecular weight is 325 g/mol. The van der Waals surface area contributed by atoms with Crippen LogP contribution in [0.1, 0.15) is 45.2 Å². The first-order valence-electron chi connectivity index (χ1n) is 7.84. The highest BCUT2D eigenvalue weighted by molar-refractivity contribution is 7.09. The summed E-state index contributed by atoms with van der Waals surface area (Å²) >= 11 is 1.69. The van der Waals surface area contributed by atoms with Gasteiger partial charge in [-0.15, -0.1) is 11.3 Å². The van der Waals surface area contributed by atoms with Crippen molar-refractivity contribution in [1.82, 2.24) is 14.8 Å². The number of thiazole rings is 1. The van der Waals surface area contributed by atoms with Crippen LogP contribution in [0, 0.1) is 5.92 Å². The van der Waals surface area contributed by atoms with Crippen LogP contribution < -0.4 is 0 Å². The molecular formula is C16H27N3O2S. The number of hydrogen-bond donors (Lipinski definition) is 0. The Bertz CT molecular complexity index is 484. The van der Waals surface area contributed by atoms with E-state index in [0.717, 1.165) is 31.1 Å². The molecule has 2 atom stereocenters. The van der Waals surface area contributed by atoms with Crippen molar-refractivity contribution in [3.63, 3.8) is 0 Å². The van der Waals surface area contributed by atoms with Gasteiger partial charge in [-0.05, 0) is 47.1 Å². The molecule has 6 heteroatoms. The predicted molar refractivity (Wildman–Crippen MR) is 89.1 cm³/mol. The highest BCUT2D eigenvalue weighted by Crippen LogP contribution is 2.25. The summed E-state index contributed by atoms with van der Waals surface area (Å²) in [5, 5.41) is 3.16. The lowest BCUT2D eigenvalue weighted by atomic mass is 10.1. The monoisotopic (exact) mass is 325 g/mol. The van der Waals surface area contributed by atoms with Gasteiger partial charge >= 0.3 is 6.09 Å². The molecule has 2 rings (SSSR count). The van der Waals surface area contributed by atoms with Crippen molar-refractivity contribution >= 4 is 17.4 Å². The van der Waals surface area contributed by atoms with Crippen molar-refractivity contribution in [2.24, 2.45) is 5.92 Å². The van der Waals surface area contributed by atoms with Crippen LogP contribution in [0.15, 0.2) is 11.6 Å². The molecule has 0 saturated carbocycles. The number of carbonyl (C=O) groups is 1. The Morgan fingerprint density at radius 1 is 1.59 bits per heavy atom. The molecule has 2 heterocycles. The number of likely N-dealkylation sites (tertiary alicyclic amines) is 1. The number of aromatic nitrogens is 1. The standard InChI is InChI=1S/C16H27N3O2S/c1-12(14-17-7-9-22-14)18(5)10-13-6-8-19(11-13)15(20)21-16(2,3)4/h7,9,12-13H,6,8,10-11H2,1-5H3/t12-,13-/m0/s1. The Kier molecular flexibility index (Phi) is 5.45. The van der Waals surface area contributed by atoms with Crippen LogP contribution in [0.2, 0.25) is 0 Å². The molecule has 124 valence electrons. The van der Waals surface area contributed by atoms with Crippen molar-refractivity contribution in [3.05, 3.63) is 16.6 Å². The van der Waals surface area contributed by atoms with Gasteiger partial charge in [-0.3, -0.25) is 4.90 Å². The van der Waals surface area contributed by atoms with E-state index >= 15 is 0 Å². The van der Waals surface area contributed by atoms with Gasteiger partial charge in [0.2, 0.25) is 0 Å². The maximum absolute atomic E-state index is 12.1. The smallest absolute Gasteiger partial charge is 0.410 e. The first-order valence-corrected chi connectivity index (χ1v) is 8.72. The molecule has 1 aliphatic heterocycles. The van der Waals surface area contributed by atoms with Crippen LogP contribution in [-0.4, -0.2) is 53.2 Å². The van der Waals surface area contributed by atoms with Crippen LogP contribution in [0.5, 0.6) is 0 Å². The lowest BCUT2D eigenvalue weighted by molar-refractivity contribution is 0.0285. The van der Waals surface area contributed by atoms with Gasteiger partial charge in [0.05, 0.1) is 6.04 Å². The molecule has 1 aliphatic rings. The number of hydrogen-bond acceptors (Lipinski definition) is 5. The second kappa shape index (κ2) is 6.96. The molecule has 1 aromatic heterocycles. The number of nitrogens with zero attached hydrogens (tertiary/aromatic N) is 3. The molecule has 0 bridgehead atoms. The van der Waals surface area contributed by atoms with Crippen LogP contribution in [-0.2, 0) is 4.74 Å². The van der Waals surface area contributed by atoms with E-state index in [4.69, 9.17) is 4.74 Å². The third kappa shape index (κ3) is 4.68. The summed E-state index contributed by atoms with van der Waals surface area (Å²) in [4.78, 5) is 20.6. The molecule has 1 amide bonds. The van der Waals surface area contributed by atoms with E-state index < -0.39 is 5.60 Å². The summed E-state index contributed by atoms with van der Waals surface area (Å²) in [6, 6.07) is 0.315. The second-order valence-electron chi connectivity index (χ2n) is 7.07. The number of carbonyl (C=O) groups excluding carboxylic acids is 1. The highest BCUT2D eigenvalue weighted by atomic mass is 32.1. The molecule has 1 fully saturated rings. The zero-order valence-electron chi connectivity index (χ0n) is 14.2. The minimum absolute atomic E-state index is 0.189. The van der Waals surface area contributed by atoms with Gasteiger partial charge in [0.25, 0.3) is 0 Å². The molecule has 0 radical (unpaired) electrons. The Morgan fingerprint density at radius 3 is 2.91 bits per heavy atom. The Labute approximate surface area is 137 Å². The number of ether oxygens (including phenoxy) is 1. The van der Waals surface area contributed by atoms with Crippen molar-refractivity contribution in [3.8, 4) is 0 Å². The quantitative estimate of drug-likeness (QED) is 0.851. The third-order valence-corrected chi connectivity index (χ3v) is 4.90. The molecule has 0 N–H and O–H groups in total. The Morgan fingerprint density at radius 2 is 2.32 bits per heavy atom. The zero-order valence-corrected chi connectivity index (χ0v) is 15.0. The van der Waals surface area contributed by atoms with E-state index in [9.17, 15) is 4.79 Å². The van der Waals surface area contributed by atoms with Crippen LogP contribution in [0.4, 0.5) is 4.79 Å². The molecule has 0 aliphatic carbocycles. The predicted octanol–water partition coefficient (Wildman–Crippen LogP) is 3.39. The molecule has 22 heavy (non-hydrogen) atoms. The van der Waals surface area contributed by atoms with E-state index in [1.54, 1.807) is 11.3 Å². The van der Waals surface area contributed by atoms with Crippen molar-refractivity contribution in [1.29, 1.82) is 0 Å². The summed E-state index contributed by atoms with van der Waals surface area (Å²) in [6.45, 7) is 10.4. The summed E-state index contributed by atoms with van der Waals surface area (Å²) in [5.41, 5.74) is -0.425. The van der Waals surface area contributed by atoms with Crippen molar-refractivity contribution < 1.29 is 9.53 Å². The largest absolute Gasteiger partial charge is 0.444 e. The number of rotatable bonds is 4. The number of amides is 1. The van der Waals surface area contributed by atoms with E-state index in [0.29, 0.717) is 12.0 Å². The normalized spacial score (nSPS) is 20.5. The van der Waals surface area contributed by atoms with Crippen molar-refractivity contribution in [2.75, 3.05) is 26.7 Å².